The zero-order valence-corrected chi connectivity index (χ0v) is 20.6. The zero-order chi connectivity index (χ0) is 23.9. The molecule has 1 unspecified atom stereocenters. The van der Waals surface area contributed by atoms with E-state index in [-0.39, 0.29) is 17.9 Å². The van der Waals surface area contributed by atoms with Crippen LogP contribution in [0.1, 0.15) is 27.6 Å². The maximum absolute atomic E-state index is 12.9. The molecule has 6 nitrogen and oxygen atoms in total. The van der Waals surface area contributed by atoms with Gasteiger partial charge in [0.1, 0.15) is 0 Å². The Labute approximate surface area is 205 Å². The molecule has 0 radical (unpaired) electrons. The molecule has 1 atom stereocenters. The number of carbonyl (C=O) groups is 2. The number of benzene rings is 2. The minimum atomic E-state index is -0.135. The normalized spacial score (nSPS) is 15.6. The van der Waals surface area contributed by atoms with Crippen LogP contribution >= 0.6 is 11.3 Å². The third-order valence-electron chi connectivity index (χ3n) is 6.34. The molecule has 4 rings (SSSR count). The van der Waals surface area contributed by atoms with Crippen molar-refractivity contribution in [1.82, 2.24) is 15.1 Å². The molecule has 178 valence electrons. The van der Waals surface area contributed by atoms with Gasteiger partial charge in [-0.25, -0.2) is 0 Å². The standard InChI is InChI=1S/C27H32N4O2S/c1-20-8-6-11-23(21(20)2)28-25(32)18-30-13-15-31(16-14-30)19-26(33)29-27(24-12-7-17-34-24)22-9-4-3-5-10-22/h3-12,17,27H,13-16,18-19H2,1-2H3,(H,28,32)(H,29,33). The minimum absolute atomic E-state index is 0.00143. The summed E-state index contributed by atoms with van der Waals surface area (Å²) in [6, 6.07) is 20.0. The van der Waals surface area contributed by atoms with Crippen molar-refractivity contribution in [3.05, 3.63) is 87.6 Å². The van der Waals surface area contributed by atoms with Crippen LogP contribution < -0.4 is 10.6 Å². The first-order valence-corrected chi connectivity index (χ1v) is 12.6. The van der Waals surface area contributed by atoms with Gasteiger partial charge in [-0.15, -0.1) is 11.3 Å². The molecule has 1 aromatic heterocycles. The van der Waals surface area contributed by atoms with E-state index in [4.69, 9.17) is 0 Å². The number of thiophene rings is 1. The topological polar surface area (TPSA) is 64.7 Å². The molecule has 2 aromatic carbocycles. The molecule has 2 heterocycles. The number of amides is 2. The second kappa shape index (κ2) is 11.4. The summed E-state index contributed by atoms with van der Waals surface area (Å²) in [6.45, 7) is 7.84. The van der Waals surface area contributed by atoms with E-state index in [9.17, 15) is 9.59 Å². The highest BCUT2D eigenvalue weighted by Crippen LogP contribution is 2.26. The Bertz CT molecular complexity index is 1090. The molecule has 7 heteroatoms. The summed E-state index contributed by atoms with van der Waals surface area (Å²) in [7, 11) is 0. The van der Waals surface area contributed by atoms with Gasteiger partial charge in [0.25, 0.3) is 0 Å². The van der Waals surface area contributed by atoms with Gasteiger partial charge in [-0.05, 0) is 48.1 Å². The van der Waals surface area contributed by atoms with Crippen molar-refractivity contribution in [2.24, 2.45) is 0 Å². The van der Waals surface area contributed by atoms with Gasteiger partial charge < -0.3 is 10.6 Å². The van der Waals surface area contributed by atoms with E-state index < -0.39 is 0 Å². The van der Waals surface area contributed by atoms with Gasteiger partial charge in [0.2, 0.25) is 11.8 Å². The fraction of sp³-hybridized carbons (Fsp3) is 0.333. The van der Waals surface area contributed by atoms with Gasteiger partial charge in [-0.1, -0.05) is 48.5 Å². The molecule has 0 aliphatic carbocycles. The van der Waals surface area contributed by atoms with Gasteiger partial charge in [0, 0.05) is 36.7 Å². The van der Waals surface area contributed by atoms with Crippen molar-refractivity contribution in [3.63, 3.8) is 0 Å². The maximum atomic E-state index is 12.9. The lowest BCUT2D eigenvalue weighted by atomic mass is 10.1. The van der Waals surface area contributed by atoms with E-state index in [0.29, 0.717) is 13.1 Å². The van der Waals surface area contributed by atoms with Crippen LogP contribution in [0.4, 0.5) is 5.69 Å². The van der Waals surface area contributed by atoms with Crippen LogP contribution in [0.25, 0.3) is 0 Å². The first kappa shape index (κ1) is 24.1. The number of nitrogens with one attached hydrogen (secondary N) is 2. The maximum Gasteiger partial charge on any atom is 0.238 e. The Kier molecular flexibility index (Phi) is 8.11. The van der Waals surface area contributed by atoms with Crippen LogP contribution in [0.5, 0.6) is 0 Å². The molecule has 2 N–H and O–H groups in total. The smallest absolute Gasteiger partial charge is 0.238 e. The zero-order valence-electron chi connectivity index (χ0n) is 19.8. The molecule has 0 spiro atoms. The van der Waals surface area contributed by atoms with E-state index in [1.165, 1.54) is 5.56 Å². The first-order valence-electron chi connectivity index (χ1n) is 11.7. The molecule has 0 bridgehead atoms. The average Bonchev–Trinajstić information content (AvgIpc) is 3.37. The fourth-order valence-electron chi connectivity index (χ4n) is 4.21. The second-order valence-electron chi connectivity index (χ2n) is 8.77. The summed E-state index contributed by atoms with van der Waals surface area (Å²) in [6.07, 6.45) is 0. The Balaban J connectivity index is 1.25. The largest absolute Gasteiger partial charge is 0.343 e. The fourth-order valence-corrected chi connectivity index (χ4v) is 5.02. The molecule has 2 amide bonds. The molecule has 34 heavy (non-hydrogen) atoms. The summed E-state index contributed by atoms with van der Waals surface area (Å²) < 4.78 is 0. The first-order chi connectivity index (χ1) is 16.5. The van der Waals surface area contributed by atoms with Crippen LogP contribution in [0.2, 0.25) is 0 Å². The number of piperazine rings is 1. The third-order valence-corrected chi connectivity index (χ3v) is 7.28. The van der Waals surface area contributed by atoms with Crippen molar-refractivity contribution in [1.29, 1.82) is 0 Å². The molecule has 1 saturated heterocycles. The summed E-state index contributed by atoms with van der Waals surface area (Å²) in [4.78, 5) is 30.9. The van der Waals surface area contributed by atoms with Crippen LogP contribution in [-0.4, -0.2) is 60.9 Å². The number of hydrogen-bond acceptors (Lipinski definition) is 5. The lowest BCUT2D eigenvalue weighted by Crippen LogP contribution is -2.51. The van der Waals surface area contributed by atoms with E-state index in [2.05, 4.69) is 26.5 Å². The number of hydrogen-bond donors (Lipinski definition) is 2. The molecular formula is C27H32N4O2S. The molecule has 1 aliphatic heterocycles. The molecular weight excluding hydrogens is 444 g/mol. The predicted octanol–water partition coefficient (Wildman–Crippen LogP) is 3.83. The van der Waals surface area contributed by atoms with E-state index in [1.54, 1.807) is 11.3 Å². The highest BCUT2D eigenvalue weighted by atomic mass is 32.1. The lowest BCUT2D eigenvalue weighted by molar-refractivity contribution is -0.124. The number of carbonyl (C=O) groups excluding carboxylic acids is 2. The Hall–Kier alpha value is -3.00. The minimum Gasteiger partial charge on any atom is -0.343 e. The molecule has 0 saturated carbocycles. The molecule has 1 fully saturated rings. The molecule has 1 aliphatic rings. The van der Waals surface area contributed by atoms with Crippen LogP contribution in [0, 0.1) is 13.8 Å². The molecule has 3 aromatic rings. The van der Waals surface area contributed by atoms with E-state index in [0.717, 1.165) is 47.9 Å². The van der Waals surface area contributed by atoms with Gasteiger partial charge in [-0.3, -0.25) is 19.4 Å². The highest BCUT2D eigenvalue weighted by Gasteiger charge is 2.23. The number of nitrogens with zero attached hydrogens (tertiary/aromatic N) is 2. The average molecular weight is 477 g/mol. The Morgan fingerprint density at radius 1 is 0.853 bits per heavy atom. The number of rotatable bonds is 8. The van der Waals surface area contributed by atoms with Crippen molar-refractivity contribution < 1.29 is 9.59 Å². The van der Waals surface area contributed by atoms with Gasteiger partial charge in [0.15, 0.2) is 0 Å². The summed E-state index contributed by atoms with van der Waals surface area (Å²) in [5, 5.41) is 8.29. The third kappa shape index (κ3) is 6.32. The number of aryl methyl sites for hydroxylation is 1. The van der Waals surface area contributed by atoms with Crippen molar-refractivity contribution in [2.75, 3.05) is 44.6 Å². The SMILES string of the molecule is Cc1cccc(NC(=O)CN2CCN(CC(=O)NC(c3ccccc3)c3cccs3)CC2)c1C. The van der Waals surface area contributed by atoms with Crippen molar-refractivity contribution in [3.8, 4) is 0 Å². The Morgan fingerprint density at radius 2 is 1.53 bits per heavy atom. The quantitative estimate of drug-likeness (QED) is 0.519. The van der Waals surface area contributed by atoms with Crippen molar-refractivity contribution >= 4 is 28.8 Å². The highest BCUT2D eigenvalue weighted by molar-refractivity contribution is 7.10. The van der Waals surface area contributed by atoms with Crippen molar-refractivity contribution in [2.45, 2.75) is 19.9 Å². The monoisotopic (exact) mass is 476 g/mol. The summed E-state index contributed by atoms with van der Waals surface area (Å²) in [5.41, 5.74) is 4.22. The second-order valence-corrected chi connectivity index (χ2v) is 9.75. The predicted molar refractivity (Wildman–Crippen MR) is 138 cm³/mol. The van der Waals surface area contributed by atoms with Crippen LogP contribution in [0.15, 0.2) is 66.0 Å². The van der Waals surface area contributed by atoms with E-state index >= 15 is 0 Å². The summed E-state index contributed by atoms with van der Waals surface area (Å²) >= 11 is 1.65. The number of anilines is 1. The van der Waals surface area contributed by atoms with E-state index in [1.807, 2.05) is 73.8 Å². The van der Waals surface area contributed by atoms with Gasteiger partial charge in [-0.2, -0.15) is 0 Å². The van der Waals surface area contributed by atoms with Gasteiger partial charge >= 0.3 is 0 Å². The van der Waals surface area contributed by atoms with Crippen LogP contribution in [-0.2, 0) is 9.59 Å². The van der Waals surface area contributed by atoms with Crippen LogP contribution in [0.3, 0.4) is 0 Å². The van der Waals surface area contributed by atoms with Gasteiger partial charge in [0.05, 0.1) is 19.1 Å². The lowest BCUT2D eigenvalue weighted by Gasteiger charge is -2.34. The Morgan fingerprint density at radius 3 is 2.18 bits per heavy atom. The summed E-state index contributed by atoms with van der Waals surface area (Å²) in [5.74, 6) is 0.0184.